The van der Waals surface area contributed by atoms with Gasteiger partial charge in [0.2, 0.25) is 0 Å². The molecule has 0 aliphatic carbocycles. The summed E-state index contributed by atoms with van der Waals surface area (Å²) in [5.74, 6) is 1.27. The van der Waals surface area contributed by atoms with E-state index in [1.54, 1.807) is 18.2 Å². The first-order valence-electron chi connectivity index (χ1n) is 11.3. The van der Waals surface area contributed by atoms with Crippen molar-refractivity contribution in [1.29, 1.82) is 0 Å². The molecule has 1 atom stereocenters. The molecule has 1 aromatic heterocycles. The van der Waals surface area contributed by atoms with Crippen LogP contribution in [0.2, 0.25) is 5.02 Å². The van der Waals surface area contributed by atoms with Crippen LogP contribution < -0.4 is 5.32 Å². The summed E-state index contributed by atoms with van der Waals surface area (Å²) in [5.41, 5.74) is 1.57. The number of hydrogen-bond acceptors (Lipinski definition) is 6. The van der Waals surface area contributed by atoms with E-state index in [2.05, 4.69) is 36.0 Å². The van der Waals surface area contributed by atoms with Crippen molar-refractivity contribution in [1.82, 2.24) is 14.9 Å². The Balaban J connectivity index is 1.80. The number of anilines is 1. The van der Waals surface area contributed by atoms with Gasteiger partial charge in [0, 0.05) is 23.6 Å². The Morgan fingerprint density at radius 1 is 1.12 bits per heavy atom. The zero-order valence-corrected chi connectivity index (χ0v) is 20.0. The van der Waals surface area contributed by atoms with E-state index in [0.717, 1.165) is 49.2 Å². The van der Waals surface area contributed by atoms with E-state index in [0.29, 0.717) is 16.4 Å². The van der Waals surface area contributed by atoms with E-state index in [-0.39, 0.29) is 11.7 Å². The number of benzene rings is 2. The maximum absolute atomic E-state index is 10.8. The van der Waals surface area contributed by atoms with Gasteiger partial charge in [-0.25, -0.2) is 9.97 Å². The lowest BCUT2D eigenvalue weighted by molar-refractivity contribution is -0.384. The second-order valence-electron chi connectivity index (χ2n) is 7.96. The number of halogens is 1. The summed E-state index contributed by atoms with van der Waals surface area (Å²) in [7, 11) is 0. The Morgan fingerprint density at radius 3 is 2.52 bits per heavy atom. The second-order valence-corrected chi connectivity index (χ2v) is 8.37. The molecule has 0 aliphatic heterocycles. The highest BCUT2D eigenvalue weighted by molar-refractivity contribution is 6.35. The molecular formula is C25H30ClN5O2. The van der Waals surface area contributed by atoms with E-state index in [4.69, 9.17) is 16.6 Å². The summed E-state index contributed by atoms with van der Waals surface area (Å²) in [6, 6.07) is 12.3. The molecule has 0 radical (unpaired) electrons. The molecule has 0 amide bonds. The molecule has 0 spiro atoms. The van der Waals surface area contributed by atoms with Gasteiger partial charge < -0.3 is 10.2 Å². The predicted molar refractivity (Wildman–Crippen MR) is 137 cm³/mol. The minimum Gasteiger partial charge on any atom is -0.367 e. The SMILES string of the molecule is CCN(CC)CCCC(C)Nc1nc(/C=C/c2ccc([N+](=O)[O-])cc2)nc2c(Cl)cccc12. The molecule has 0 fully saturated rings. The van der Waals surface area contributed by atoms with Crippen LogP contribution in [0.1, 0.15) is 45.0 Å². The third-order valence-electron chi connectivity index (χ3n) is 5.61. The van der Waals surface area contributed by atoms with Crippen molar-refractivity contribution >= 4 is 46.2 Å². The molecule has 33 heavy (non-hydrogen) atoms. The molecule has 0 bridgehead atoms. The van der Waals surface area contributed by atoms with Gasteiger partial charge in [0.05, 0.1) is 15.5 Å². The number of para-hydroxylation sites is 1. The van der Waals surface area contributed by atoms with Gasteiger partial charge in [0.1, 0.15) is 5.82 Å². The van der Waals surface area contributed by atoms with E-state index in [1.807, 2.05) is 24.3 Å². The third kappa shape index (κ3) is 6.73. The number of nitro benzene ring substituents is 1. The van der Waals surface area contributed by atoms with Crippen molar-refractivity contribution in [2.75, 3.05) is 25.0 Å². The van der Waals surface area contributed by atoms with Crippen LogP contribution in [-0.4, -0.2) is 45.5 Å². The van der Waals surface area contributed by atoms with Gasteiger partial charge in [-0.1, -0.05) is 37.6 Å². The van der Waals surface area contributed by atoms with Gasteiger partial charge in [0.15, 0.2) is 5.82 Å². The van der Waals surface area contributed by atoms with Gasteiger partial charge in [-0.3, -0.25) is 10.1 Å². The van der Waals surface area contributed by atoms with Crippen LogP contribution >= 0.6 is 11.6 Å². The van der Waals surface area contributed by atoms with Crippen LogP contribution in [0.5, 0.6) is 0 Å². The summed E-state index contributed by atoms with van der Waals surface area (Å²) >= 11 is 6.44. The van der Waals surface area contributed by atoms with E-state index < -0.39 is 4.92 Å². The maximum atomic E-state index is 10.8. The van der Waals surface area contributed by atoms with Crippen molar-refractivity contribution in [3.8, 4) is 0 Å². The summed E-state index contributed by atoms with van der Waals surface area (Å²) in [6.45, 7) is 9.75. The van der Waals surface area contributed by atoms with Crippen LogP contribution in [0, 0.1) is 10.1 Å². The minimum absolute atomic E-state index is 0.0577. The molecule has 2 aromatic carbocycles. The Bertz CT molecular complexity index is 1110. The first-order chi connectivity index (χ1) is 15.9. The normalized spacial score (nSPS) is 12.5. The highest BCUT2D eigenvalue weighted by Crippen LogP contribution is 2.28. The van der Waals surface area contributed by atoms with Crippen LogP contribution in [0.4, 0.5) is 11.5 Å². The van der Waals surface area contributed by atoms with Crippen LogP contribution in [-0.2, 0) is 0 Å². The molecule has 1 heterocycles. The quantitative estimate of drug-likeness (QED) is 0.263. The number of fused-ring (bicyclic) bond motifs is 1. The van der Waals surface area contributed by atoms with E-state index in [1.165, 1.54) is 12.1 Å². The summed E-state index contributed by atoms with van der Waals surface area (Å²) in [5, 5.41) is 15.8. The van der Waals surface area contributed by atoms with Gasteiger partial charge in [-0.05, 0) is 75.3 Å². The zero-order valence-electron chi connectivity index (χ0n) is 19.3. The van der Waals surface area contributed by atoms with Crippen molar-refractivity contribution < 1.29 is 4.92 Å². The third-order valence-corrected chi connectivity index (χ3v) is 5.92. The molecule has 3 rings (SSSR count). The fourth-order valence-electron chi connectivity index (χ4n) is 3.66. The zero-order chi connectivity index (χ0) is 23.8. The van der Waals surface area contributed by atoms with Gasteiger partial charge in [0.25, 0.3) is 5.69 Å². The maximum Gasteiger partial charge on any atom is 0.269 e. The molecule has 1 unspecified atom stereocenters. The minimum atomic E-state index is -0.414. The molecule has 3 aromatic rings. The van der Waals surface area contributed by atoms with Gasteiger partial charge in [-0.2, -0.15) is 0 Å². The number of non-ortho nitro benzene ring substituents is 1. The Hall–Kier alpha value is -3.03. The van der Waals surface area contributed by atoms with Crippen molar-refractivity contribution in [2.45, 2.75) is 39.7 Å². The summed E-state index contributed by atoms with van der Waals surface area (Å²) in [4.78, 5) is 22.2. The van der Waals surface area contributed by atoms with E-state index in [9.17, 15) is 10.1 Å². The predicted octanol–water partition coefficient (Wildman–Crippen LogP) is 6.28. The Morgan fingerprint density at radius 2 is 1.85 bits per heavy atom. The standard InChI is InChI=1S/C25H30ClN5O2/c1-4-30(5-2)17-7-8-18(3)27-25-21-9-6-10-22(26)24(21)28-23(29-25)16-13-19-11-14-20(15-12-19)31(32)33/h6,9-16,18H,4-5,7-8,17H2,1-3H3,(H,27,28,29)/b16-13+. The highest BCUT2D eigenvalue weighted by Gasteiger charge is 2.12. The number of aromatic nitrogens is 2. The van der Waals surface area contributed by atoms with E-state index >= 15 is 0 Å². The van der Waals surface area contributed by atoms with Crippen LogP contribution in [0.25, 0.3) is 23.1 Å². The largest absolute Gasteiger partial charge is 0.367 e. The molecule has 8 heteroatoms. The first-order valence-corrected chi connectivity index (χ1v) is 11.7. The Labute approximate surface area is 199 Å². The molecule has 0 saturated heterocycles. The monoisotopic (exact) mass is 467 g/mol. The van der Waals surface area contributed by atoms with Crippen molar-refractivity contribution in [3.05, 3.63) is 69.0 Å². The number of nitrogens with zero attached hydrogens (tertiary/aromatic N) is 4. The highest BCUT2D eigenvalue weighted by atomic mass is 35.5. The first kappa shape index (κ1) is 24.6. The van der Waals surface area contributed by atoms with Gasteiger partial charge in [-0.15, -0.1) is 0 Å². The second kappa shape index (κ2) is 11.7. The Kier molecular flexibility index (Phi) is 8.74. The molecule has 0 aliphatic rings. The summed E-state index contributed by atoms with van der Waals surface area (Å²) < 4.78 is 0. The topological polar surface area (TPSA) is 84.2 Å². The molecule has 7 nitrogen and oxygen atoms in total. The average molecular weight is 468 g/mol. The lowest BCUT2D eigenvalue weighted by Crippen LogP contribution is -2.25. The average Bonchev–Trinajstić information content (AvgIpc) is 2.81. The summed E-state index contributed by atoms with van der Waals surface area (Å²) in [6.07, 6.45) is 5.75. The molecule has 0 saturated carbocycles. The molecule has 174 valence electrons. The number of rotatable bonds is 11. The number of hydrogen-bond donors (Lipinski definition) is 1. The number of nitrogens with one attached hydrogen (secondary N) is 1. The van der Waals surface area contributed by atoms with Crippen LogP contribution in [0.3, 0.4) is 0 Å². The molecular weight excluding hydrogens is 438 g/mol. The van der Waals surface area contributed by atoms with Crippen molar-refractivity contribution in [3.63, 3.8) is 0 Å². The lowest BCUT2D eigenvalue weighted by atomic mass is 10.1. The number of nitro groups is 1. The fraction of sp³-hybridized carbons (Fsp3) is 0.360. The molecule has 1 N–H and O–H groups in total. The van der Waals surface area contributed by atoms with Gasteiger partial charge >= 0.3 is 0 Å². The van der Waals surface area contributed by atoms with Crippen LogP contribution in [0.15, 0.2) is 42.5 Å². The smallest absolute Gasteiger partial charge is 0.269 e. The van der Waals surface area contributed by atoms with Crippen molar-refractivity contribution in [2.24, 2.45) is 0 Å². The lowest BCUT2D eigenvalue weighted by Gasteiger charge is -2.20. The fourth-order valence-corrected chi connectivity index (χ4v) is 3.88.